The number of anilines is 1. The molecular formula is C17H29N3O. The van der Waals surface area contributed by atoms with E-state index >= 15 is 0 Å². The third-order valence-electron chi connectivity index (χ3n) is 3.41. The predicted molar refractivity (Wildman–Crippen MR) is 89.3 cm³/mol. The molecule has 0 fully saturated rings. The van der Waals surface area contributed by atoms with Crippen LogP contribution in [0.5, 0.6) is 0 Å². The number of carbonyl (C=O) groups excluding carboxylic acids is 1. The van der Waals surface area contributed by atoms with E-state index in [1.165, 1.54) is 0 Å². The number of nitrogens with zero attached hydrogens (tertiary/aromatic N) is 1. The van der Waals surface area contributed by atoms with Crippen LogP contribution < -0.4 is 16.0 Å². The summed E-state index contributed by atoms with van der Waals surface area (Å²) < 4.78 is 0. The summed E-state index contributed by atoms with van der Waals surface area (Å²) in [7, 11) is 0. The summed E-state index contributed by atoms with van der Waals surface area (Å²) in [6.45, 7) is 9.03. The predicted octanol–water partition coefficient (Wildman–Crippen LogP) is 2.52. The lowest BCUT2D eigenvalue weighted by molar-refractivity contribution is -0.119. The molecule has 1 amide bonds. The fourth-order valence-electron chi connectivity index (χ4n) is 2.14. The first-order valence-corrected chi connectivity index (χ1v) is 7.87. The van der Waals surface area contributed by atoms with E-state index in [9.17, 15) is 4.79 Å². The Labute approximate surface area is 128 Å². The second-order valence-corrected chi connectivity index (χ2v) is 5.82. The third kappa shape index (κ3) is 6.63. The van der Waals surface area contributed by atoms with Gasteiger partial charge in [0.1, 0.15) is 0 Å². The SMILES string of the molecule is CCCN(CC(=O)NCCC(C)C)c1ccc(CN)cc1. The van der Waals surface area contributed by atoms with Crippen LogP contribution in [0.25, 0.3) is 0 Å². The highest BCUT2D eigenvalue weighted by molar-refractivity contribution is 5.81. The van der Waals surface area contributed by atoms with Crippen molar-refractivity contribution in [3.63, 3.8) is 0 Å². The van der Waals surface area contributed by atoms with Gasteiger partial charge in [0.25, 0.3) is 0 Å². The fourth-order valence-corrected chi connectivity index (χ4v) is 2.14. The molecule has 0 unspecified atom stereocenters. The average Bonchev–Trinajstić information content (AvgIpc) is 2.46. The van der Waals surface area contributed by atoms with E-state index in [1.54, 1.807) is 0 Å². The summed E-state index contributed by atoms with van der Waals surface area (Å²) in [4.78, 5) is 14.1. The number of amides is 1. The second kappa shape index (κ2) is 9.40. The van der Waals surface area contributed by atoms with Crippen LogP contribution in [-0.4, -0.2) is 25.5 Å². The van der Waals surface area contributed by atoms with Gasteiger partial charge in [-0.3, -0.25) is 4.79 Å². The van der Waals surface area contributed by atoms with Crippen LogP contribution >= 0.6 is 0 Å². The summed E-state index contributed by atoms with van der Waals surface area (Å²) >= 11 is 0. The zero-order chi connectivity index (χ0) is 15.7. The molecule has 3 N–H and O–H groups in total. The number of hydrogen-bond donors (Lipinski definition) is 2. The van der Waals surface area contributed by atoms with Crippen molar-refractivity contribution in [2.24, 2.45) is 11.7 Å². The maximum Gasteiger partial charge on any atom is 0.239 e. The van der Waals surface area contributed by atoms with E-state index in [0.29, 0.717) is 19.0 Å². The highest BCUT2D eigenvalue weighted by atomic mass is 16.2. The van der Waals surface area contributed by atoms with Crippen LogP contribution in [0.2, 0.25) is 0 Å². The molecule has 1 rings (SSSR count). The first kappa shape index (κ1) is 17.5. The average molecular weight is 291 g/mol. The highest BCUT2D eigenvalue weighted by Crippen LogP contribution is 2.15. The highest BCUT2D eigenvalue weighted by Gasteiger charge is 2.10. The van der Waals surface area contributed by atoms with Crippen molar-refractivity contribution >= 4 is 11.6 Å². The minimum Gasteiger partial charge on any atom is -0.362 e. The van der Waals surface area contributed by atoms with E-state index in [4.69, 9.17) is 5.73 Å². The van der Waals surface area contributed by atoms with Crippen LogP contribution in [0, 0.1) is 5.92 Å². The van der Waals surface area contributed by atoms with E-state index < -0.39 is 0 Å². The Morgan fingerprint density at radius 2 is 1.95 bits per heavy atom. The van der Waals surface area contributed by atoms with Crippen molar-refractivity contribution in [1.29, 1.82) is 0 Å². The van der Waals surface area contributed by atoms with E-state index in [2.05, 4.69) is 31.0 Å². The van der Waals surface area contributed by atoms with Crippen molar-refractivity contribution in [1.82, 2.24) is 5.32 Å². The maximum atomic E-state index is 12.0. The van der Waals surface area contributed by atoms with Crippen LogP contribution in [-0.2, 0) is 11.3 Å². The molecule has 1 aromatic rings. The van der Waals surface area contributed by atoms with Gasteiger partial charge in [0, 0.05) is 25.3 Å². The molecular weight excluding hydrogens is 262 g/mol. The Morgan fingerprint density at radius 3 is 2.48 bits per heavy atom. The van der Waals surface area contributed by atoms with Crippen LogP contribution in [0.4, 0.5) is 5.69 Å². The van der Waals surface area contributed by atoms with Gasteiger partial charge < -0.3 is 16.0 Å². The quantitative estimate of drug-likeness (QED) is 0.735. The molecule has 0 aliphatic heterocycles. The molecule has 0 bridgehead atoms. The first-order valence-electron chi connectivity index (χ1n) is 7.87. The maximum absolute atomic E-state index is 12.0. The zero-order valence-corrected chi connectivity index (χ0v) is 13.6. The summed E-state index contributed by atoms with van der Waals surface area (Å²) in [5.41, 5.74) is 7.80. The number of hydrogen-bond acceptors (Lipinski definition) is 3. The lowest BCUT2D eigenvalue weighted by Gasteiger charge is -2.24. The number of nitrogens with one attached hydrogen (secondary N) is 1. The lowest BCUT2D eigenvalue weighted by Crippen LogP contribution is -2.38. The van der Waals surface area contributed by atoms with E-state index in [0.717, 1.165) is 37.2 Å². The molecule has 0 aliphatic rings. The van der Waals surface area contributed by atoms with Crippen LogP contribution in [0.3, 0.4) is 0 Å². The number of nitrogens with two attached hydrogens (primary N) is 1. The van der Waals surface area contributed by atoms with Crippen molar-refractivity contribution in [2.75, 3.05) is 24.5 Å². The van der Waals surface area contributed by atoms with Gasteiger partial charge in [0.15, 0.2) is 0 Å². The molecule has 0 radical (unpaired) electrons. The molecule has 0 saturated heterocycles. The number of benzene rings is 1. The molecule has 21 heavy (non-hydrogen) atoms. The number of rotatable bonds is 9. The summed E-state index contributed by atoms with van der Waals surface area (Å²) in [5.74, 6) is 0.702. The topological polar surface area (TPSA) is 58.4 Å². The van der Waals surface area contributed by atoms with Gasteiger partial charge in [-0.25, -0.2) is 0 Å². The Hall–Kier alpha value is -1.55. The molecule has 0 aromatic heterocycles. The van der Waals surface area contributed by atoms with E-state index in [1.807, 2.05) is 24.3 Å². The van der Waals surface area contributed by atoms with Gasteiger partial charge in [-0.2, -0.15) is 0 Å². The number of carbonyl (C=O) groups is 1. The van der Waals surface area contributed by atoms with Crippen molar-refractivity contribution in [3.8, 4) is 0 Å². The molecule has 4 heteroatoms. The monoisotopic (exact) mass is 291 g/mol. The van der Waals surface area contributed by atoms with Gasteiger partial charge in [-0.1, -0.05) is 32.9 Å². The molecule has 1 aromatic carbocycles. The smallest absolute Gasteiger partial charge is 0.239 e. The Kier molecular flexibility index (Phi) is 7.83. The van der Waals surface area contributed by atoms with Crippen LogP contribution in [0.1, 0.15) is 39.2 Å². The Morgan fingerprint density at radius 1 is 1.29 bits per heavy atom. The molecule has 4 nitrogen and oxygen atoms in total. The minimum absolute atomic E-state index is 0.0898. The van der Waals surface area contributed by atoms with Gasteiger partial charge in [0.05, 0.1) is 6.54 Å². The van der Waals surface area contributed by atoms with Crippen molar-refractivity contribution in [3.05, 3.63) is 29.8 Å². The first-order chi connectivity index (χ1) is 10.1. The molecule has 0 atom stereocenters. The molecule has 0 heterocycles. The Bertz CT molecular complexity index is 415. The summed E-state index contributed by atoms with van der Waals surface area (Å²) in [6, 6.07) is 8.13. The standard InChI is InChI=1S/C17H29N3O/c1-4-11-20(13-17(21)19-10-9-14(2)3)16-7-5-15(12-18)6-8-16/h5-8,14H,4,9-13,18H2,1-3H3,(H,19,21). The van der Waals surface area contributed by atoms with Gasteiger partial charge >= 0.3 is 0 Å². The van der Waals surface area contributed by atoms with Gasteiger partial charge in [0.2, 0.25) is 5.91 Å². The largest absolute Gasteiger partial charge is 0.362 e. The van der Waals surface area contributed by atoms with Crippen molar-refractivity contribution in [2.45, 2.75) is 40.2 Å². The third-order valence-corrected chi connectivity index (χ3v) is 3.41. The van der Waals surface area contributed by atoms with Gasteiger partial charge in [-0.05, 0) is 36.5 Å². The Balaban J connectivity index is 2.57. The summed E-state index contributed by atoms with van der Waals surface area (Å²) in [6.07, 6.45) is 2.03. The molecule has 0 saturated carbocycles. The minimum atomic E-state index is 0.0898. The van der Waals surface area contributed by atoms with E-state index in [-0.39, 0.29) is 5.91 Å². The summed E-state index contributed by atoms with van der Waals surface area (Å²) in [5, 5.41) is 2.99. The molecule has 0 aliphatic carbocycles. The zero-order valence-electron chi connectivity index (χ0n) is 13.6. The normalized spacial score (nSPS) is 10.7. The molecule has 118 valence electrons. The fraction of sp³-hybridized carbons (Fsp3) is 0.588. The van der Waals surface area contributed by atoms with Crippen LogP contribution in [0.15, 0.2) is 24.3 Å². The molecule has 0 spiro atoms. The van der Waals surface area contributed by atoms with Crippen molar-refractivity contribution < 1.29 is 4.79 Å². The second-order valence-electron chi connectivity index (χ2n) is 5.82. The van der Waals surface area contributed by atoms with Gasteiger partial charge in [-0.15, -0.1) is 0 Å². The lowest BCUT2D eigenvalue weighted by atomic mass is 10.1.